The van der Waals surface area contributed by atoms with Gasteiger partial charge in [-0.3, -0.25) is 0 Å². The van der Waals surface area contributed by atoms with E-state index in [-0.39, 0.29) is 13.0 Å². The van der Waals surface area contributed by atoms with Crippen molar-refractivity contribution in [3.63, 3.8) is 0 Å². The minimum absolute atomic E-state index is 0.0833. The van der Waals surface area contributed by atoms with Crippen molar-refractivity contribution in [2.24, 2.45) is 11.5 Å². The summed E-state index contributed by atoms with van der Waals surface area (Å²) in [5, 5.41) is 0. The Labute approximate surface area is 57.4 Å². The van der Waals surface area contributed by atoms with Crippen LogP contribution in [0.5, 0.6) is 0 Å². The molecule has 0 spiro atoms. The summed E-state index contributed by atoms with van der Waals surface area (Å²) >= 11 is 0. The summed E-state index contributed by atoms with van der Waals surface area (Å²) in [6, 6.07) is -1.71. The van der Waals surface area contributed by atoms with Crippen LogP contribution in [0.3, 0.4) is 0 Å². The maximum absolute atomic E-state index is 11.6. The van der Waals surface area contributed by atoms with Crippen LogP contribution in [-0.4, -0.2) is 18.8 Å². The lowest BCUT2D eigenvalue weighted by Gasteiger charge is -2.14. The first-order valence-electron chi connectivity index (χ1n) is 3.01. The first kappa shape index (κ1) is 9.71. The summed E-state index contributed by atoms with van der Waals surface area (Å²) in [6.07, 6.45) is -4.03. The monoisotopic (exact) mass is 156 g/mol. The molecule has 0 aliphatic rings. The third-order valence-electron chi connectivity index (χ3n) is 1.14. The highest BCUT2D eigenvalue weighted by Gasteiger charge is 2.35. The second-order valence-electron chi connectivity index (χ2n) is 2.08. The molecule has 0 amide bonds. The SMILES string of the molecule is NCCC[C@H](N)C(F)(F)F. The summed E-state index contributed by atoms with van der Waals surface area (Å²) in [6.45, 7) is 0.254. The molecule has 0 aliphatic heterocycles. The largest absolute Gasteiger partial charge is 0.403 e. The Morgan fingerprint density at radius 2 is 1.80 bits per heavy atom. The fourth-order valence-corrected chi connectivity index (χ4v) is 0.501. The molecular formula is C5H11F3N2. The first-order chi connectivity index (χ1) is 4.48. The lowest BCUT2D eigenvalue weighted by Crippen LogP contribution is -2.37. The van der Waals surface area contributed by atoms with Gasteiger partial charge in [-0.05, 0) is 19.4 Å². The number of rotatable bonds is 3. The molecule has 0 unspecified atom stereocenters. The van der Waals surface area contributed by atoms with Crippen molar-refractivity contribution < 1.29 is 13.2 Å². The predicted molar refractivity (Wildman–Crippen MR) is 32.3 cm³/mol. The van der Waals surface area contributed by atoms with E-state index in [4.69, 9.17) is 11.5 Å². The highest BCUT2D eigenvalue weighted by atomic mass is 19.4. The Hall–Kier alpha value is -0.290. The minimum atomic E-state index is -4.27. The van der Waals surface area contributed by atoms with Gasteiger partial charge >= 0.3 is 6.18 Å². The molecule has 4 N–H and O–H groups in total. The number of hydrogen-bond donors (Lipinski definition) is 2. The molecule has 0 fully saturated rings. The summed E-state index contributed by atoms with van der Waals surface area (Å²) in [7, 11) is 0. The molecule has 0 saturated carbocycles. The van der Waals surface area contributed by atoms with Gasteiger partial charge in [0.1, 0.15) is 6.04 Å². The number of alkyl halides is 3. The Bertz CT molecular complexity index is 91.4. The van der Waals surface area contributed by atoms with Gasteiger partial charge in [0, 0.05) is 0 Å². The standard InChI is InChI=1S/C5H11F3N2/c6-5(7,8)4(10)2-1-3-9/h4H,1-3,9-10H2/t4-/m0/s1. The molecule has 10 heavy (non-hydrogen) atoms. The average molecular weight is 156 g/mol. The number of hydrogen-bond acceptors (Lipinski definition) is 2. The van der Waals surface area contributed by atoms with Crippen LogP contribution in [0.15, 0.2) is 0 Å². The molecule has 2 nitrogen and oxygen atoms in total. The van der Waals surface area contributed by atoms with Crippen LogP contribution in [0, 0.1) is 0 Å². The van der Waals surface area contributed by atoms with Crippen LogP contribution in [0.2, 0.25) is 0 Å². The summed E-state index contributed by atoms with van der Waals surface area (Å²) in [4.78, 5) is 0. The van der Waals surface area contributed by atoms with E-state index < -0.39 is 12.2 Å². The lowest BCUT2D eigenvalue weighted by molar-refractivity contribution is -0.148. The molecule has 0 rings (SSSR count). The molecule has 1 atom stereocenters. The van der Waals surface area contributed by atoms with Crippen molar-refractivity contribution >= 4 is 0 Å². The highest BCUT2D eigenvalue weighted by Crippen LogP contribution is 2.20. The van der Waals surface area contributed by atoms with E-state index in [0.717, 1.165) is 0 Å². The van der Waals surface area contributed by atoms with Crippen LogP contribution < -0.4 is 11.5 Å². The lowest BCUT2D eigenvalue weighted by atomic mass is 10.1. The fourth-order valence-electron chi connectivity index (χ4n) is 0.501. The van der Waals surface area contributed by atoms with Gasteiger partial charge in [-0.2, -0.15) is 13.2 Å². The van der Waals surface area contributed by atoms with E-state index in [9.17, 15) is 13.2 Å². The molecular weight excluding hydrogens is 145 g/mol. The molecule has 0 heterocycles. The van der Waals surface area contributed by atoms with Crippen molar-refractivity contribution in [2.75, 3.05) is 6.54 Å². The minimum Gasteiger partial charge on any atom is -0.330 e. The Morgan fingerprint density at radius 1 is 1.30 bits per heavy atom. The second-order valence-corrected chi connectivity index (χ2v) is 2.08. The molecule has 0 radical (unpaired) electrons. The molecule has 0 bridgehead atoms. The number of nitrogens with two attached hydrogens (primary N) is 2. The summed E-state index contributed by atoms with van der Waals surface area (Å²) in [5.74, 6) is 0. The van der Waals surface area contributed by atoms with E-state index in [0.29, 0.717) is 6.42 Å². The van der Waals surface area contributed by atoms with Gasteiger partial charge in [-0.1, -0.05) is 0 Å². The predicted octanol–water partition coefficient (Wildman–Crippen LogP) is 0.615. The van der Waals surface area contributed by atoms with Crippen molar-refractivity contribution in [2.45, 2.75) is 25.1 Å². The topological polar surface area (TPSA) is 52.0 Å². The maximum Gasteiger partial charge on any atom is 0.403 e. The van der Waals surface area contributed by atoms with E-state index >= 15 is 0 Å². The third-order valence-corrected chi connectivity index (χ3v) is 1.14. The van der Waals surface area contributed by atoms with E-state index in [1.807, 2.05) is 0 Å². The zero-order valence-electron chi connectivity index (χ0n) is 5.49. The molecule has 0 saturated heterocycles. The van der Waals surface area contributed by atoms with Crippen molar-refractivity contribution in [1.82, 2.24) is 0 Å². The highest BCUT2D eigenvalue weighted by molar-refractivity contribution is 4.69. The maximum atomic E-state index is 11.6. The van der Waals surface area contributed by atoms with Gasteiger partial charge in [0.05, 0.1) is 0 Å². The molecule has 0 aromatic carbocycles. The van der Waals surface area contributed by atoms with E-state index in [1.54, 1.807) is 0 Å². The van der Waals surface area contributed by atoms with Crippen LogP contribution in [0.4, 0.5) is 13.2 Å². The second kappa shape index (κ2) is 3.78. The molecule has 0 aromatic heterocycles. The Balaban J connectivity index is 3.52. The van der Waals surface area contributed by atoms with Crippen LogP contribution in [0.25, 0.3) is 0 Å². The summed E-state index contributed by atoms with van der Waals surface area (Å²) < 4.78 is 34.8. The Morgan fingerprint density at radius 3 is 2.10 bits per heavy atom. The zero-order chi connectivity index (χ0) is 8.20. The van der Waals surface area contributed by atoms with Gasteiger partial charge in [-0.15, -0.1) is 0 Å². The zero-order valence-corrected chi connectivity index (χ0v) is 5.49. The van der Waals surface area contributed by atoms with Crippen molar-refractivity contribution in [1.29, 1.82) is 0 Å². The van der Waals surface area contributed by atoms with Crippen molar-refractivity contribution in [3.05, 3.63) is 0 Å². The van der Waals surface area contributed by atoms with E-state index in [1.165, 1.54) is 0 Å². The van der Waals surface area contributed by atoms with Gasteiger partial charge in [0.2, 0.25) is 0 Å². The van der Waals surface area contributed by atoms with Gasteiger partial charge in [-0.25, -0.2) is 0 Å². The molecule has 5 heteroatoms. The van der Waals surface area contributed by atoms with Crippen LogP contribution in [-0.2, 0) is 0 Å². The normalized spacial score (nSPS) is 15.3. The molecule has 0 aromatic rings. The fraction of sp³-hybridized carbons (Fsp3) is 1.00. The van der Waals surface area contributed by atoms with Gasteiger partial charge in [0.25, 0.3) is 0 Å². The number of halogens is 3. The summed E-state index contributed by atoms with van der Waals surface area (Å²) in [5.41, 5.74) is 9.75. The molecule has 0 aliphatic carbocycles. The van der Waals surface area contributed by atoms with Crippen LogP contribution in [0.1, 0.15) is 12.8 Å². The quantitative estimate of drug-likeness (QED) is 0.629. The van der Waals surface area contributed by atoms with Crippen molar-refractivity contribution in [3.8, 4) is 0 Å². The Kier molecular flexibility index (Phi) is 3.67. The first-order valence-corrected chi connectivity index (χ1v) is 3.01. The smallest absolute Gasteiger partial charge is 0.330 e. The average Bonchev–Trinajstić information content (AvgIpc) is 1.80. The van der Waals surface area contributed by atoms with Gasteiger partial charge in [0.15, 0.2) is 0 Å². The van der Waals surface area contributed by atoms with Gasteiger partial charge < -0.3 is 11.5 Å². The molecule has 62 valence electrons. The third kappa shape index (κ3) is 3.68. The van der Waals surface area contributed by atoms with Crippen LogP contribution >= 0.6 is 0 Å². The van der Waals surface area contributed by atoms with E-state index in [2.05, 4.69) is 0 Å².